The van der Waals surface area contributed by atoms with E-state index in [1.165, 1.54) is 48.2 Å². The highest BCUT2D eigenvalue weighted by atomic mass is 32.2. The lowest BCUT2D eigenvalue weighted by molar-refractivity contribution is -0.147. The Labute approximate surface area is 277 Å². The Kier molecular flexibility index (Phi) is 11.4. The number of thioether (sulfide) groups is 1. The summed E-state index contributed by atoms with van der Waals surface area (Å²) in [7, 11) is 0. The summed E-state index contributed by atoms with van der Waals surface area (Å²) in [6.07, 6.45) is -11.3. The zero-order valence-electron chi connectivity index (χ0n) is 25.9. The van der Waals surface area contributed by atoms with Gasteiger partial charge < -0.3 is 26.0 Å². The minimum Gasteiger partial charge on any atom is -0.381 e. The number of nitrogens with one attached hydrogen (secondary N) is 3. The maximum atomic E-state index is 13.8. The van der Waals surface area contributed by atoms with E-state index in [4.69, 9.17) is 0 Å². The van der Waals surface area contributed by atoms with E-state index in [1.54, 1.807) is 44.2 Å². The molecule has 0 spiro atoms. The van der Waals surface area contributed by atoms with Crippen molar-refractivity contribution in [2.24, 2.45) is 0 Å². The number of urea groups is 1. The van der Waals surface area contributed by atoms with Gasteiger partial charge in [0.25, 0.3) is 5.91 Å². The molecule has 3 atom stereocenters. The second-order valence-corrected chi connectivity index (χ2v) is 13.3. The summed E-state index contributed by atoms with van der Waals surface area (Å²) in [5.74, 6) is -1.71. The van der Waals surface area contributed by atoms with E-state index in [9.17, 15) is 45.8 Å². The highest BCUT2D eigenvalue weighted by Gasteiger charge is 2.50. The molecule has 1 fully saturated rings. The average Bonchev–Trinajstić information content (AvgIpc) is 3.36. The van der Waals surface area contributed by atoms with Crippen LogP contribution in [-0.4, -0.2) is 56.7 Å². The molecule has 0 radical (unpaired) electrons. The third kappa shape index (κ3) is 9.01. The van der Waals surface area contributed by atoms with Crippen LogP contribution in [0.3, 0.4) is 0 Å². The molecule has 1 aliphatic rings. The summed E-state index contributed by atoms with van der Waals surface area (Å²) in [5, 5.41) is 18.7. The number of alkyl halides is 6. The molecule has 0 aliphatic carbocycles. The summed E-state index contributed by atoms with van der Waals surface area (Å²) < 4.78 is 79.9. The number of aliphatic hydroxyl groups is 1. The van der Waals surface area contributed by atoms with Crippen LogP contribution >= 0.6 is 11.8 Å². The Hall–Kier alpha value is -4.24. The molecule has 258 valence electrons. The van der Waals surface area contributed by atoms with Crippen LogP contribution in [0, 0.1) is 0 Å². The predicted molar refractivity (Wildman–Crippen MR) is 167 cm³/mol. The third-order valence-electron chi connectivity index (χ3n) is 7.86. The SMILES string of the molecule is CC1(C)SCN(C(=O)[C@@H](O)[C@H](Cc2ccccc2)NC(=O)NCc2ccccc2C(F)(F)F)[C@H]1C(=O)NCc1ccccc1C(F)(F)F. The number of hydrogen-bond acceptors (Lipinski definition) is 5. The Morgan fingerprint density at radius 1 is 0.833 bits per heavy atom. The number of halogens is 6. The van der Waals surface area contributed by atoms with E-state index >= 15 is 0 Å². The molecular weight excluding hydrogens is 662 g/mol. The van der Waals surface area contributed by atoms with Gasteiger partial charge in [-0.1, -0.05) is 66.7 Å². The lowest BCUT2D eigenvalue weighted by Gasteiger charge is -2.33. The number of aliphatic hydroxyl groups excluding tert-OH is 1. The average molecular weight is 697 g/mol. The molecule has 1 saturated heterocycles. The van der Waals surface area contributed by atoms with E-state index in [0.717, 1.165) is 17.0 Å². The largest absolute Gasteiger partial charge is 0.416 e. The van der Waals surface area contributed by atoms with Crippen LogP contribution in [0.1, 0.15) is 41.7 Å². The van der Waals surface area contributed by atoms with Crippen LogP contribution in [0.25, 0.3) is 0 Å². The van der Waals surface area contributed by atoms with Crippen LogP contribution < -0.4 is 16.0 Å². The number of rotatable bonds is 10. The quantitative estimate of drug-likeness (QED) is 0.210. The van der Waals surface area contributed by atoms with Crippen molar-refractivity contribution < 1.29 is 45.8 Å². The lowest BCUT2D eigenvalue weighted by Crippen LogP contribution is -2.59. The van der Waals surface area contributed by atoms with Gasteiger partial charge in [0.1, 0.15) is 6.04 Å². The second kappa shape index (κ2) is 14.9. The van der Waals surface area contributed by atoms with Gasteiger partial charge in [-0.05, 0) is 49.1 Å². The molecule has 0 unspecified atom stereocenters. The smallest absolute Gasteiger partial charge is 0.381 e. The molecule has 4 rings (SSSR count). The number of carbonyl (C=O) groups excluding carboxylic acids is 3. The van der Waals surface area contributed by atoms with Gasteiger partial charge in [-0.2, -0.15) is 26.3 Å². The van der Waals surface area contributed by atoms with Gasteiger partial charge in [-0.25, -0.2) is 4.79 Å². The zero-order valence-corrected chi connectivity index (χ0v) is 26.7. The summed E-state index contributed by atoms with van der Waals surface area (Å²) in [6.45, 7) is 2.39. The number of amides is 4. The predicted octanol–water partition coefficient (Wildman–Crippen LogP) is 5.49. The molecule has 0 aromatic heterocycles. The van der Waals surface area contributed by atoms with Gasteiger partial charge in [0.05, 0.1) is 23.0 Å². The number of nitrogens with zero attached hydrogens (tertiary/aromatic N) is 1. The Bertz CT molecular complexity index is 1600. The molecule has 4 amide bonds. The lowest BCUT2D eigenvalue weighted by atomic mass is 9.97. The van der Waals surface area contributed by atoms with Crippen molar-refractivity contribution in [1.82, 2.24) is 20.9 Å². The van der Waals surface area contributed by atoms with E-state index in [2.05, 4.69) is 16.0 Å². The first kappa shape index (κ1) is 36.6. The van der Waals surface area contributed by atoms with Crippen molar-refractivity contribution in [3.05, 3.63) is 107 Å². The molecule has 1 aliphatic heterocycles. The van der Waals surface area contributed by atoms with Crippen LogP contribution in [0.15, 0.2) is 78.9 Å². The summed E-state index contributed by atoms with van der Waals surface area (Å²) in [5.41, 5.74) is -1.59. The Morgan fingerprint density at radius 3 is 1.88 bits per heavy atom. The fourth-order valence-corrected chi connectivity index (χ4v) is 6.58. The fourth-order valence-electron chi connectivity index (χ4n) is 5.44. The van der Waals surface area contributed by atoms with Crippen molar-refractivity contribution in [3.63, 3.8) is 0 Å². The molecule has 1 heterocycles. The maximum absolute atomic E-state index is 13.8. The maximum Gasteiger partial charge on any atom is 0.416 e. The normalized spacial score (nSPS) is 17.4. The summed E-state index contributed by atoms with van der Waals surface area (Å²) >= 11 is 1.22. The molecule has 48 heavy (non-hydrogen) atoms. The first-order chi connectivity index (χ1) is 22.5. The number of carbonyl (C=O) groups is 3. The molecular formula is C33H34F6N4O4S. The van der Waals surface area contributed by atoms with E-state index in [1.807, 2.05) is 0 Å². The van der Waals surface area contributed by atoms with Gasteiger partial charge in [0, 0.05) is 17.8 Å². The number of hydrogen-bond donors (Lipinski definition) is 4. The molecule has 4 N–H and O–H groups in total. The molecule has 15 heteroatoms. The second-order valence-electron chi connectivity index (χ2n) is 11.7. The first-order valence-corrected chi connectivity index (χ1v) is 15.8. The minimum absolute atomic E-state index is 0.0431. The number of benzene rings is 3. The Balaban J connectivity index is 1.51. The highest BCUT2D eigenvalue weighted by Crippen LogP contribution is 2.40. The van der Waals surface area contributed by atoms with Crippen molar-refractivity contribution in [3.8, 4) is 0 Å². The zero-order chi connectivity index (χ0) is 35.3. The Morgan fingerprint density at radius 2 is 1.33 bits per heavy atom. The fraction of sp³-hybridized carbons (Fsp3) is 0.364. The third-order valence-corrected chi connectivity index (χ3v) is 9.24. The van der Waals surface area contributed by atoms with Crippen molar-refractivity contribution in [2.75, 3.05) is 5.88 Å². The van der Waals surface area contributed by atoms with Gasteiger partial charge in [-0.15, -0.1) is 11.8 Å². The molecule has 3 aromatic rings. The van der Waals surface area contributed by atoms with Gasteiger partial charge in [0.2, 0.25) is 5.91 Å². The summed E-state index contributed by atoms with van der Waals surface area (Å²) in [6, 6.07) is 14.5. The van der Waals surface area contributed by atoms with Gasteiger partial charge in [-0.3, -0.25) is 9.59 Å². The van der Waals surface area contributed by atoms with E-state index in [-0.39, 0.29) is 23.4 Å². The monoisotopic (exact) mass is 696 g/mol. The van der Waals surface area contributed by atoms with E-state index in [0.29, 0.717) is 5.56 Å². The van der Waals surface area contributed by atoms with Crippen LogP contribution in [0.2, 0.25) is 0 Å². The molecule has 3 aromatic carbocycles. The van der Waals surface area contributed by atoms with Crippen molar-refractivity contribution >= 4 is 29.6 Å². The van der Waals surface area contributed by atoms with Crippen LogP contribution in [0.5, 0.6) is 0 Å². The first-order valence-electron chi connectivity index (χ1n) is 14.8. The van der Waals surface area contributed by atoms with Crippen molar-refractivity contribution in [2.45, 2.75) is 68.6 Å². The van der Waals surface area contributed by atoms with Crippen LogP contribution in [-0.2, 0) is 41.5 Å². The minimum atomic E-state index is -4.65. The molecule has 0 saturated carbocycles. The highest BCUT2D eigenvalue weighted by molar-refractivity contribution is 8.00. The topological polar surface area (TPSA) is 111 Å². The molecule has 8 nitrogen and oxygen atoms in total. The molecule has 0 bridgehead atoms. The van der Waals surface area contributed by atoms with Gasteiger partial charge >= 0.3 is 18.4 Å². The van der Waals surface area contributed by atoms with Crippen LogP contribution in [0.4, 0.5) is 31.1 Å². The van der Waals surface area contributed by atoms with Crippen molar-refractivity contribution in [1.29, 1.82) is 0 Å². The summed E-state index contributed by atoms with van der Waals surface area (Å²) in [4.78, 5) is 41.3. The van der Waals surface area contributed by atoms with E-state index < -0.39 is 77.3 Å². The van der Waals surface area contributed by atoms with Gasteiger partial charge in [0.15, 0.2) is 6.10 Å². The standard InChI is InChI=1S/C33H34F6N4O4S/c1-31(2)27(28(45)40-17-21-12-6-8-14-23(21)32(34,35)36)43(19-48-31)29(46)26(44)25(16-20-10-4-3-5-11-20)42-30(47)41-18-22-13-7-9-15-24(22)33(37,38)39/h3-15,25-27,44H,16-19H2,1-2H3,(H,40,45)(H2,41,42,47)/t25-,26-,27-/m0/s1.